The number of aromatic nitrogens is 1. The van der Waals surface area contributed by atoms with Gasteiger partial charge in [0.05, 0.1) is 9.04 Å². The first-order valence-electron chi connectivity index (χ1n) is 13.1. The van der Waals surface area contributed by atoms with Gasteiger partial charge in [0, 0.05) is 30.4 Å². The number of thiophene rings is 1. The van der Waals surface area contributed by atoms with Crippen LogP contribution >= 0.6 is 34.3 Å². The number of H-pyrrole nitrogens is 1. The molecule has 1 aromatic carbocycles. The summed E-state index contributed by atoms with van der Waals surface area (Å²) in [5, 5.41) is 13.4. The molecule has 9 heteroatoms. The van der Waals surface area contributed by atoms with Crippen LogP contribution in [0.5, 0.6) is 5.75 Å². The van der Waals surface area contributed by atoms with Gasteiger partial charge in [0.25, 0.3) is 0 Å². The molecule has 0 radical (unpaired) electrons. The quantitative estimate of drug-likeness (QED) is 0.225. The van der Waals surface area contributed by atoms with E-state index in [1.807, 2.05) is 12.1 Å². The lowest BCUT2D eigenvalue weighted by Gasteiger charge is -2.34. The molecule has 4 rings (SSSR count). The molecule has 0 bridgehead atoms. The molecule has 2 aromatic heterocycles. The van der Waals surface area contributed by atoms with Gasteiger partial charge in [0.2, 0.25) is 5.91 Å². The van der Waals surface area contributed by atoms with Crippen molar-refractivity contribution in [1.82, 2.24) is 15.2 Å². The van der Waals surface area contributed by atoms with Crippen molar-refractivity contribution in [3.8, 4) is 5.75 Å². The zero-order valence-corrected chi connectivity index (χ0v) is 23.1. The number of carbonyl (C=O) groups is 1. The molecule has 36 heavy (non-hydrogen) atoms. The molecule has 1 amide bonds. The Morgan fingerprint density at radius 2 is 1.89 bits per heavy atom. The van der Waals surface area contributed by atoms with Crippen molar-refractivity contribution in [3.63, 3.8) is 0 Å². The molecular formula is C27H36ClN3O3S2. The lowest BCUT2D eigenvalue weighted by Crippen LogP contribution is -2.43. The summed E-state index contributed by atoms with van der Waals surface area (Å²) < 4.78 is 1.68. The lowest BCUT2D eigenvalue weighted by atomic mass is 9.93. The molecular weight excluding hydrogens is 514 g/mol. The standard InChI is InChI=1S/C27H36ClN3O3S2/c28-23-13-11-21(35-23)14-16-29-17-15-24(33)31(20-8-4-1-5-9-20)18-6-2-3-7-19-10-12-22(32)25-26(19)36-27(34)30-25/h10-13,20,29,32H,1-9,14-18H2,(H,30,34). The van der Waals surface area contributed by atoms with Crippen LogP contribution in [0.4, 0.5) is 0 Å². The monoisotopic (exact) mass is 549 g/mol. The summed E-state index contributed by atoms with van der Waals surface area (Å²) in [4.78, 5) is 30.9. The van der Waals surface area contributed by atoms with Gasteiger partial charge in [0.1, 0.15) is 11.3 Å². The second-order valence-corrected chi connectivity index (χ2v) is 12.4. The maximum atomic E-state index is 13.2. The largest absolute Gasteiger partial charge is 0.506 e. The normalized spacial score (nSPS) is 14.5. The second kappa shape index (κ2) is 13.6. The Kier molecular flexibility index (Phi) is 10.3. The highest BCUT2D eigenvalue weighted by atomic mass is 35.5. The highest BCUT2D eigenvalue weighted by Crippen LogP contribution is 2.29. The van der Waals surface area contributed by atoms with Gasteiger partial charge in [-0.1, -0.05) is 54.7 Å². The number of carbonyl (C=O) groups excluding carboxylic acids is 1. The van der Waals surface area contributed by atoms with Crippen molar-refractivity contribution in [1.29, 1.82) is 0 Å². The van der Waals surface area contributed by atoms with Crippen LogP contribution in [-0.4, -0.2) is 46.6 Å². The maximum Gasteiger partial charge on any atom is 0.305 e. The molecule has 0 spiro atoms. The number of fused-ring (bicyclic) bond motifs is 1. The summed E-state index contributed by atoms with van der Waals surface area (Å²) in [5.41, 5.74) is 1.65. The van der Waals surface area contributed by atoms with Crippen LogP contribution in [0.15, 0.2) is 29.1 Å². The van der Waals surface area contributed by atoms with Gasteiger partial charge in [-0.2, -0.15) is 0 Å². The number of aryl methyl sites for hydroxylation is 1. The number of unbranched alkanes of at least 4 members (excludes halogenated alkanes) is 2. The topological polar surface area (TPSA) is 85.4 Å². The molecule has 0 unspecified atom stereocenters. The van der Waals surface area contributed by atoms with Crippen LogP contribution < -0.4 is 10.2 Å². The Hall–Kier alpha value is -1.87. The van der Waals surface area contributed by atoms with Gasteiger partial charge in [-0.05, 0) is 68.8 Å². The maximum absolute atomic E-state index is 13.2. The molecule has 0 atom stereocenters. The van der Waals surface area contributed by atoms with Crippen LogP contribution in [0.2, 0.25) is 4.34 Å². The third kappa shape index (κ3) is 7.57. The molecule has 1 aliphatic rings. The Morgan fingerprint density at radius 3 is 2.67 bits per heavy atom. The summed E-state index contributed by atoms with van der Waals surface area (Å²) >= 11 is 8.77. The zero-order chi connectivity index (χ0) is 25.3. The fourth-order valence-corrected chi connectivity index (χ4v) is 7.09. The van der Waals surface area contributed by atoms with E-state index in [4.69, 9.17) is 11.6 Å². The number of phenolic OH excluding ortho intramolecular Hbond substituents is 1. The van der Waals surface area contributed by atoms with E-state index >= 15 is 0 Å². The Bertz CT molecular complexity index is 1180. The highest BCUT2D eigenvalue weighted by Gasteiger charge is 2.24. The number of hydrogen-bond acceptors (Lipinski definition) is 6. The average molecular weight is 550 g/mol. The average Bonchev–Trinajstić information content (AvgIpc) is 3.48. The third-order valence-corrected chi connectivity index (χ3v) is 9.26. The number of phenols is 1. The molecule has 1 fully saturated rings. The summed E-state index contributed by atoms with van der Waals surface area (Å²) in [6.07, 6.45) is 11.3. The highest BCUT2D eigenvalue weighted by molar-refractivity contribution is 7.16. The van der Waals surface area contributed by atoms with Crippen molar-refractivity contribution in [2.24, 2.45) is 0 Å². The molecule has 6 nitrogen and oxygen atoms in total. The minimum absolute atomic E-state index is 0.124. The molecule has 2 heterocycles. The Balaban J connectivity index is 1.22. The first kappa shape index (κ1) is 27.2. The molecule has 196 valence electrons. The molecule has 0 aliphatic heterocycles. The van der Waals surface area contributed by atoms with Crippen molar-refractivity contribution >= 4 is 50.4 Å². The van der Waals surface area contributed by atoms with Crippen LogP contribution in [0, 0.1) is 0 Å². The van der Waals surface area contributed by atoms with Gasteiger partial charge >= 0.3 is 4.87 Å². The predicted molar refractivity (Wildman–Crippen MR) is 151 cm³/mol. The second-order valence-electron chi connectivity index (χ2n) is 9.61. The number of aromatic amines is 1. The number of nitrogens with one attached hydrogen (secondary N) is 2. The van der Waals surface area contributed by atoms with E-state index in [-0.39, 0.29) is 16.5 Å². The zero-order valence-electron chi connectivity index (χ0n) is 20.7. The van der Waals surface area contributed by atoms with Crippen LogP contribution in [0.1, 0.15) is 68.2 Å². The van der Waals surface area contributed by atoms with E-state index in [9.17, 15) is 14.7 Å². The fourth-order valence-electron chi connectivity index (χ4n) is 5.11. The molecule has 1 aliphatic carbocycles. The van der Waals surface area contributed by atoms with Crippen LogP contribution in [0.3, 0.4) is 0 Å². The first-order chi connectivity index (χ1) is 17.5. The van der Waals surface area contributed by atoms with E-state index in [2.05, 4.69) is 21.3 Å². The van der Waals surface area contributed by atoms with E-state index in [0.717, 1.165) is 84.0 Å². The summed E-state index contributed by atoms with van der Waals surface area (Å²) in [6.45, 7) is 2.38. The SMILES string of the molecule is O=C(CCNCCc1ccc(Cl)s1)N(CCCCCc1ccc(O)c2[nH]c(=O)sc12)C1CCCCC1. The number of hydrogen-bond donors (Lipinski definition) is 3. The van der Waals surface area contributed by atoms with Gasteiger partial charge in [-0.15, -0.1) is 11.3 Å². The number of thiazole rings is 1. The number of benzene rings is 1. The molecule has 0 saturated heterocycles. The summed E-state index contributed by atoms with van der Waals surface area (Å²) in [6, 6.07) is 7.96. The first-order valence-corrected chi connectivity index (χ1v) is 15.1. The third-order valence-electron chi connectivity index (χ3n) is 7.01. The predicted octanol–water partition coefficient (Wildman–Crippen LogP) is 6.11. The van der Waals surface area contributed by atoms with Gasteiger partial charge in [0.15, 0.2) is 0 Å². The lowest BCUT2D eigenvalue weighted by molar-refractivity contribution is -0.134. The minimum atomic E-state index is -0.139. The Morgan fingerprint density at radius 1 is 1.06 bits per heavy atom. The van der Waals surface area contributed by atoms with Crippen molar-refractivity contribution in [3.05, 3.63) is 48.7 Å². The van der Waals surface area contributed by atoms with Crippen molar-refractivity contribution < 1.29 is 9.90 Å². The number of amides is 1. The van der Waals surface area contributed by atoms with E-state index in [1.165, 1.54) is 24.1 Å². The summed E-state index contributed by atoms with van der Waals surface area (Å²) in [5.74, 6) is 0.394. The van der Waals surface area contributed by atoms with Crippen molar-refractivity contribution in [2.75, 3.05) is 19.6 Å². The number of nitrogens with zero attached hydrogens (tertiary/aromatic N) is 1. The van der Waals surface area contributed by atoms with Crippen LogP contribution in [0.25, 0.3) is 10.2 Å². The number of rotatable bonds is 13. The smallest absolute Gasteiger partial charge is 0.305 e. The fraction of sp³-hybridized carbons (Fsp3) is 0.556. The van der Waals surface area contributed by atoms with Gasteiger partial charge in [-0.25, -0.2) is 0 Å². The molecule has 3 N–H and O–H groups in total. The van der Waals surface area contributed by atoms with Gasteiger partial charge < -0.3 is 20.3 Å². The molecule has 3 aromatic rings. The molecule has 1 saturated carbocycles. The Labute approximate surface area is 225 Å². The summed E-state index contributed by atoms with van der Waals surface area (Å²) in [7, 11) is 0. The van der Waals surface area contributed by atoms with E-state index in [1.54, 1.807) is 17.4 Å². The minimum Gasteiger partial charge on any atom is -0.506 e. The van der Waals surface area contributed by atoms with E-state index < -0.39 is 0 Å². The van der Waals surface area contributed by atoms with Gasteiger partial charge in [-0.3, -0.25) is 9.59 Å². The number of aromatic hydroxyl groups is 1. The number of halogens is 1. The van der Waals surface area contributed by atoms with Crippen molar-refractivity contribution in [2.45, 2.75) is 76.7 Å². The van der Waals surface area contributed by atoms with Crippen LogP contribution in [-0.2, 0) is 17.6 Å². The van der Waals surface area contributed by atoms with E-state index in [0.29, 0.717) is 24.5 Å².